The molecule has 0 spiro atoms. The van der Waals surface area contributed by atoms with Gasteiger partial charge in [0.25, 0.3) is 0 Å². The number of aldehydes is 1. The van der Waals surface area contributed by atoms with Gasteiger partial charge >= 0.3 is 0 Å². The first kappa shape index (κ1) is 17.7. The molecule has 1 nitrogen and oxygen atoms in total. The second-order valence-corrected chi connectivity index (χ2v) is 5.14. The second kappa shape index (κ2) is 9.58. The van der Waals surface area contributed by atoms with Crippen LogP contribution in [-0.2, 0) is 4.79 Å². The molecule has 108 valence electrons. The molecule has 4 aliphatic carbocycles. The highest BCUT2D eigenvalue weighted by atomic mass is 16.1. The molecule has 0 aromatic heterocycles. The Hall–Kier alpha value is -0.330. The van der Waals surface area contributed by atoms with Crippen molar-refractivity contribution in [2.24, 2.45) is 29.6 Å². The SMILES string of the molecule is CC.CC.CC.O=CC1C2CC3CC(C2)CC1C3. The quantitative estimate of drug-likeness (QED) is 0.577. The fraction of sp³-hybridized carbons (Fsp3) is 0.941. The Morgan fingerprint density at radius 1 is 0.667 bits per heavy atom. The van der Waals surface area contributed by atoms with E-state index in [9.17, 15) is 4.79 Å². The molecule has 0 radical (unpaired) electrons. The largest absolute Gasteiger partial charge is 0.303 e. The predicted molar refractivity (Wildman–Crippen MR) is 80.6 cm³/mol. The van der Waals surface area contributed by atoms with Crippen molar-refractivity contribution in [2.45, 2.75) is 73.6 Å². The third-order valence-corrected chi connectivity index (χ3v) is 4.46. The van der Waals surface area contributed by atoms with Gasteiger partial charge < -0.3 is 4.79 Å². The van der Waals surface area contributed by atoms with Crippen LogP contribution >= 0.6 is 0 Å². The molecular weight excluding hydrogens is 220 g/mol. The summed E-state index contributed by atoms with van der Waals surface area (Å²) in [6.07, 6.45) is 8.23. The molecule has 0 aliphatic heterocycles. The molecule has 4 fully saturated rings. The third kappa shape index (κ3) is 3.83. The van der Waals surface area contributed by atoms with Crippen molar-refractivity contribution in [3.63, 3.8) is 0 Å². The summed E-state index contributed by atoms with van der Waals surface area (Å²) in [6.45, 7) is 12.0. The van der Waals surface area contributed by atoms with Crippen molar-refractivity contribution in [1.82, 2.24) is 0 Å². The van der Waals surface area contributed by atoms with Gasteiger partial charge in [-0.1, -0.05) is 41.5 Å². The van der Waals surface area contributed by atoms with Crippen LogP contribution in [0.15, 0.2) is 0 Å². The molecule has 4 rings (SSSR count). The minimum Gasteiger partial charge on any atom is -0.303 e. The van der Waals surface area contributed by atoms with Gasteiger partial charge in [0.15, 0.2) is 0 Å². The maximum Gasteiger partial charge on any atom is 0.123 e. The lowest BCUT2D eigenvalue weighted by Crippen LogP contribution is -2.45. The molecular formula is C17H34O. The Bertz CT molecular complexity index is 182. The molecule has 0 aromatic rings. The van der Waals surface area contributed by atoms with Crippen molar-refractivity contribution in [1.29, 1.82) is 0 Å². The molecule has 0 amide bonds. The first-order chi connectivity index (χ1) is 8.86. The Morgan fingerprint density at radius 2 is 1.00 bits per heavy atom. The van der Waals surface area contributed by atoms with E-state index < -0.39 is 0 Å². The molecule has 0 saturated heterocycles. The Morgan fingerprint density at radius 3 is 1.28 bits per heavy atom. The number of carbonyl (C=O) groups is 1. The number of hydrogen-bond donors (Lipinski definition) is 0. The van der Waals surface area contributed by atoms with E-state index in [2.05, 4.69) is 0 Å². The van der Waals surface area contributed by atoms with Crippen LogP contribution in [0.2, 0.25) is 0 Å². The third-order valence-electron chi connectivity index (χ3n) is 4.46. The van der Waals surface area contributed by atoms with Crippen molar-refractivity contribution in [3.8, 4) is 0 Å². The number of carbonyl (C=O) groups excluding carboxylic acids is 1. The van der Waals surface area contributed by atoms with Crippen LogP contribution < -0.4 is 0 Å². The normalized spacial score (nSPS) is 38.2. The maximum absolute atomic E-state index is 10.9. The summed E-state index contributed by atoms with van der Waals surface area (Å²) < 4.78 is 0. The van der Waals surface area contributed by atoms with E-state index in [0.29, 0.717) is 5.92 Å². The fourth-order valence-corrected chi connectivity index (χ4v) is 4.19. The molecule has 4 saturated carbocycles. The second-order valence-electron chi connectivity index (χ2n) is 5.14. The molecule has 0 N–H and O–H groups in total. The minimum absolute atomic E-state index is 0.456. The van der Waals surface area contributed by atoms with E-state index in [1.54, 1.807) is 0 Å². The van der Waals surface area contributed by atoms with Crippen molar-refractivity contribution < 1.29 is 4.79 Å². The van der Waals surface area contributed by atoms with Gasteiger partial charge in [-0.15, -0.1) is 0 Å². The first-order valence-corrected chi connectivity index (χ1v) is 8.32. The Labute approximate surface area is 115 Å². The van der Waals surface area contributed by atoms with Crippen LogP contribution in [0.5, 0.6) is 0 Å². The van der Waals surface area contributed by atoms with Crippen LogP contribution in [-0.4, -0.2) is 6.29 Å². The summed E-state index contributed by atoms with van der Waals surface area (Å²) in [5.74, 6) is 4.04. The van der Waals surface area contributed by atoms with E-state index in [1.807, 2.05) is 41.5 Å². The molecule has 0 unspecified atom stereocenters. The average Bonchev–Trinajstić information content (AvgIpc) is 2.45. The van der Waals surface area contributed by atoms with Gasteiger partial charge in [0.1, 0.15) is 6.29 Å². The molecule has 0 atom stereocenters. The van der Waals surface area contributed by atoms with Gasteiger partial charge in [0.2, 0.25) is 0 Å². The predicted octanol–water partition coefficient (Wildman–Crippen LogP) is 5.34. The molecule has 18 heavy (non-hydrogen) atoms. The van der Waals surface area contributed by atoms with Gasteiger partial charge in [-0.2, -0.15) is 0 Å². The van der Waals surface area contributed by atoms with Crippen LogP contribution in [0.3, 0.4) is 0 Å². The number of hydrogen-bond acceptors (Lipinski definition) is 1. The minimum atomic E-state index is 0.456. The lowest BCUT2D eigenvalue weighted by atomic mass is 9.52. The zero-order valence-electron chi connectivity index (χ0n) is 13.4. The summed E-state index contributed by atoms with van der Waals surface area (Å²) in [4.78, 5) is 10.9. The first-order valence-electron chi connectivity index (χ1n) is 8.32. The van der Waals surface area contributed by atoms with Crippen molar-refractivity contribution >= 4 is 6.29 Å². The highest BCUT2D eigenvalue weighted by molar-refractivity contribution is 5.55. The lowest BCUT2D eigenvalue weighted by Gasteiger charge is -2.52. The molecule has 0 heterocycles. The molecule has 1 heteroatoms. The fourth-order valence-electron chi connectivity index (χ4n) is 4.19. The zero-order valence-corrected chi connectivity index (χ0v) is 13.4. The standard InChI is InChI=1S/C11H16O.3C2H6/c12-6-11-9-2-7-1-8(4-9)5-10(11)3-7;3*1-2/h6-11H,1-5H2;3*1-2H3. The van der Waals surface area contributed by atoms with Crippen LogP contribution in [0.1, 0.15) is 73.6 Å². The number of rotatable bonds is 1. The maximum atomic E-state index is 10.9. The van der Waals surface area contributed by atoms with E-state index in [-0.39, 0.29) is 0 Å². The van der Waals surface area contributed by atoms with Crippen LogP contribution in [0, 0.1) is 29.6 Å². The summed E-state index contributed by atoms with van der Waals surface area (Å²) in [6, 6.07) is 0. The van der Waals surface area contributed by atoms with Crippen LogP contribution in [0.25, 0.3) is 0 Å². The van der Waals surface area contributed by atoms with E-state index in [4.69, 9.17) is 0 Å². The topological polar surface area (TPSA) is 17.1 Å². The molecule has 0 aromatic carbocycles. The smallest absolute Gasteiger partial charge is 0.123 e. The van der Waals surface area contributed by atoms with Crippen molar-refractivity contribution in [2.75, 3.05) is 0 Å². The van der Waals surface area contributed by atoms with Gasteiger partial charge in [0, 0.05) is 5.92 Å². The van der Waals surface area contributed by atoms with Gasteiger partial charge in [0.05, 0.1) is 0 Å². The monoisotopic (exact) mass is 254 g/mol. The Balaban J connectivity index is 0.000000429. The summed E-state index contributed by atoms with van der Waals surface area (Å²) in [7, 11) is 0. The summed E-state index contributed by atoms with van der Waals surface area (Å²) in [5, 5.41) is 0. The van der Waals surface area contributed by atoms with E-state index >= 15 is 0 Å². The summed E-state index contributed by atoms with van der Waals surface area (Å²) in [5.41, 5.74) is 0. The molecule has 4 aliphatic rings. The van der Waals surface area contributed by atoms with E-state index in [0.717, 1.165) is 23.7 Å². The van der Waals surface area contributed by atoms with E-state index in [1.165, 1.54) is 38.4 Å². The van der Waals surface area contributed by atoms with Crippen molar-refractivity contribution in [3.05, 3.63) is 0 Å². The molecule has 4 bridgehead atoms. The van der Waals surface area contributed by atoms with Crippen LogP contribution in [0.4, 0.5) is 0 Å². The highest BCUT2D eigenvalue weighted by Gasteiger charge is 2.47. The highest BCUT2D eigenvalue weighted by Crippen LogP contribution is 2.55. The summed E-state index contributed by atoms with van der Waals surface area (Å²) >= 11 is 0. The van der Waals surface area contributed by atoms with Gasteiger partial charge in [-0.05, 0) is 55.8 Å². The average molecular weight is 254 g/mol. The Kier molecular flexibility index (Phi) is 9.40. The zero-order chi connectivity index (χ0) is 14.1. The lowest BCUT2D eigenvalue weighted by molar-refractivity contribution is -0.123. The van der Waals surface area contributed by atoms with Gasteiger partial charge in [-0.3, -0.25) is 0 Å². The van der Waals surface area contributed by atoms with Gasteiger partial charge in [-0.25, -0.2) is 0 Å².